The zero-order valence-electron chi connectivity index (χ0n) is 7.68. The Labute approximate surface area is 94.1 Å². The summed E-state index contributed by atoms with van der Waals surface area (Å²) in [6.45, 7) is 13.6. The molecular formula is C8H17NOU. The average molecular weight is 381 g/mol. The van der Waals surface area contributed by atoms with Crippen LogP contribution in [0.3, 0.4) is 0 Å². The van der Waals surface area contributed by atoms with Crippen molar-refractivity contribution < 1.29 is 35.9 Å². The topological polar surface area (TPSA) is 20.3 Å². The number of carbonyl (C=O) groups excluding carboxylic acids is 1. The number of rotatable bonds is 2. The van der Waals surface area contributed by atoms with Gasteiger partial charge in [0.15, 0.2) is 0 Å². The van der Waals surface area contributed by atoms with E-state index in [4.69, 9.17) is 0 Å². The maximum absolute atomic E-state index is 10.5. The van der Waals surface area contributed by atoms with Crippen LogP contribution in [0.25, 0.3) is 0 Å². The first-order valence-corrected chi connectivity index (χ1v) is 3.56. The predicted molar refractivity (Wildman–Crippen MR) is 44.3 cm³/mol. The summed E-state index contributed by atoms with van der Waals surface area (Å²) in [4.78, 5) is 12.0. The monoisotopic (exact) mass is 381 g/mol. The van der Waals surface area contributed by atoms with Gasteiger partial charge in [-0.05, 0) is 0 Å². The number of carbonyl (C=O) groups is 1. The maximum Gasteiger partial charge on any atom is 2.00 e. The number of hydrogen-bond donors (Lipinski definition) is 0. The molecule has 0 saturated heterocycles. The van der Waals surface area contributed by atoms with Crippen molar-refractivity contribution in [3.8, 4) is 0 Å². The van der Waals surface area contributed by atoms with Crippen LogP contribution < -0.4 is 0 Å². The average Bonchev–Trinajstić information content (AvgIpc) is 1.94. The van der Waals surface area contributed by atoms with Crippen LogP contribution in [0.2, 0.25) is 0 Å². The third-order valence-corrected chi connectivity index (χ3v) is 0.985. The van der Waals surface area contributed by atoms with E-state index >= 15 is 0 Å². The van der Waals surface area contributed by atoms with Crippen molar-refractivity contribution in [2.75, 3.05) is 13.1 Å². The molecule has 0 fully saturated rings. The Morgan fingerprint density at radius 2 is 1.55 bits per heavy atom. The smallest absolute Gasteiger partial charge is 0.403 e. The van der Waals surface area contributed by atoms with Gasteiger partial charge in [0.2, 0.25) is 5.91 Å². The first-order chi connectivity index (χ1) is 4.72. The Morgan fingerprint density at radius 1 is 1.27 bits per heavy atom. The molecule has 0 unspecified atom stereocenters. The molecule has 0 aliphatic carbocycles. The van der Waals surface area contributed by atoms with E-state index in [2.05, 4.69) is 13.8 Å². The molecular weight excluding hydrogens is 364 g/mol. The van der Waals surface area contributed by atoms with Crippen molar-refractivity contribution in [2.24, 2.45) is 0 Å². The minimum absolute atomic E-state index is 0. The summed E-state index contributed by atoms with van der Waals surface area (Å²) in [6.07, 6.45) is 0. The van der Waals surface area contributed by atoms with Gasteiger partial charge in [-0.3, -0.25) is 4.79 Å². The molecule has 0 N–H and O–H groups in total. The summed E-state index contributed by atoms with van der Waals surface area (Å²) < 4.78 is 0. The van der Waals surface area contributed by atoms with Crippen molar-refractivity contribution in [1.82, 2.24) is 4.90 Å². The van der Waals surface area contributed by atoms with Crippen LogP contribution in [0.5, 0.6) is 0 Å². The second-order valence-corrected chi connectivity index (χ2v) is 1.51. The van der Waals surface area contributed by atoms with Gasteiger partial charge in [-0.15, -0.1) is 13.1 Å². The van der Waals surface area contributed by atoms with Gasteiger partial charge in [0.25, 0.3) is 0 Å². The van der Waals surface area contributed by atoms with Crippen molar-refractivity contribution >= 4 is 5.91 Å². The minimum Gasteiger partial charge on any atom is -0.403 e. The van der Waals surface area contributed by atoms with Gasteiger partial charge in [0.1, 0.15) is 0 Å². The van der Waals surface area contributed by atoms with Crippen molar-refractivity contribution in [3.05, 3.63) is 13.8 Å². The van der Waals surface area contributed by atoms with E-state index in [-0.39, 0.29) is 37.0 Å². The Balaban J connectivity index is -0.000000196. The normalized spacial score (nSPS) is 7.00. The zero-order chi connectivity index (χ0) is 8.57. The molecule has 0 heterocycles. The van der Waals surface area contributed by atoms with Gasteiger partial charge in [-0.25, -0.2) is 0 Å². The minimum atomic E-state index is 0. The summed E-state index contributed by atoms with van der Waals surface area (Å²) in [6, 6.07) is 0. The third-order valence-electron chi connectivity index (χ3n) is 0.985. The summed E-state index contributed by atoms with van der Waals surface area (Å²) in [5.41, 5.74) is 0. The molecule has 0 bridgehead atoms. The fraction of sp³-hybridized carbons (Fsp3) is 0.625. The molecule has 0 aliphatic heterocycles. The summed E-state index contributed by atoms with van der Waals surface area (Å²) >= 11 is 0. The van der Waals surface area contributed by atoms with Crippen LogP contribution in [0.4, 0.5) is 0 Å². The van der Waals surface area contributed by atoms with Crippen LogP contribution in [-0.2, 0) is 4.79 Å². The van der Waals surface area contributed by atoms with E-state index in [0.29, 0.717) is 13.1 Å². The molecule has 1 amide bonds. The van der Waals surface area contributed by atoms with Crippen molar-refractivity contribution in [3.63, 3.8) is 0 Å². The molecule has 2 nitrogen and oxygen atoms in total. The Morgan fingerprint density at radius 3 is 1.55 bits per heavy atom. The first kappa shape index (κ1) is 17.6. The van der Waals surface area contributed by atoms with Crippen LogP contribution in [0.1, 0.15) is 20.8 Å². The molecule has 0 saturated carbocycles. The van der Waals surface area contributed by atoms with Gasteiger partial charge in [-0.2, -0.15) is 0 Å². The molecule has 0 rings (SSSR count). The Hall–Kier alpha value is 0.522. The molecule has 0 radical (unpaired) electrons. The van der Waals surface area contributed by atoms with Gasteiger partial charge in [0.05, 0.1) is 0 Å². The quantitative estimate of drug-likeness (QED) is 0.665. The molecule has 0 aliphatic rings. The van der Waals surface area contributed by atoms with Crippen LogP contribution in [0, 0.1) is 45.0 Å². The number of amides is 1. The predicted octanol–water partition coefficient (Wildman–Crippen LogP) is 1.53. The second kappa shape index (κ2) is 13.1. The van der Waals surface area contributed by atoms with Gasteiger partial charge >= 0.3 is 31.1 Å². The van der Waals surface area contributed by atoms with Crippen molar-refractivity contribution in [2.45, 2.75) is 20.8 Å². The van der Waals surface area contributed by atoms with E-state index < -0.39 is 0 Å². The molecule has 64 valence electrons. The maximum atomic E-state index is 10.5. The fourth-order valence-corrected chi connectivity index (χ4v) is 0.427. The fourth-order valence-electron chi connectivity index (χ4n) is 0.427. The summed E-state index contributed by atoms with van der Waals surface area (Å²) in [5, 5.41) is 0. The van der Waals surface area contributed by atoms with E-state index in [9.17, 15) is 4.79 Å². The summed E-state index contributed by atoms with van der Waals surface area (Å²) in [7, 11) is 0. The zero-order valence-corrected chi connectivity index (χ0v) is 11.8. The Bertz CT molecular complexity index is 82.2. The molecule has 0 aromatic rings. The Kier molecular flexibility index (Phi) is 21.0. The molecule has 0 aromatic carbocycles. The molecule has 0 atom stereocenters. The van der Waals surface area contributed by atoms with Gasteiger partial charge in [-0.1, -0.05) is 13.8 Å². The van der Waals surface area contributed by atoms with Crippen LogP contribution >= 0.6 is 0 Å². The molecule has 11 heavy (non-hydrogen) atoms. The van der Waals surface area contributed by atoms with E-state index in [1.807, 2.05) is 13.8 Å². The third kappa shape index (κ3) is 10.5. The van der Waals surface area contributed by atoms with Crippen molar-refractivity contribution in [1.29, 1.82) is 0 Å². The largest absolute Gasteiger partial charge is 2.00 e. The van der Waals surface area contributed by atoms with Gasteiger partial charge in [0, 0.05) is 6.92 Å². The number of hydrogen-bond acceptors (Lipinski definition) is 1. The second-order valence-electron chi connectivity index (χ2n) is 1.51. The first-order valence-electron chi connectivity index (χ1n) is 3.56. The van der Waals surface area contributed by atoms with E-state index in [0.717, 1.165) is 0 Å². The van der Waals surface area contributed by atoms with E-state index in [1.165, 1.54) is 6.92 Å². The molecule has 0 spiro atoms. The SMILES string of the molecule is CC.[CH2-]CN(C[CH2-])C(C)=O.[U+2]. The molecule has 0 aromatic heterocycles. The van der Waals surface area contributed by atoms with Gasteiger partial charge < -0.3 is 18.7 Å². The van der Waals surface area contributed by atoms with E-state index in [1.54, 1.807) is 4.90 Å². The summed E-state index contributed by atoms with van der Waals surface area (Å²) in [5.74, 6) is 0.0370. The number of nitrogens with zero attached hydrogens (tertiary/aromatic N) is 1. The molecule has 3 heteroatoms. The standard InChI is InChI=1S/C6H11NO.C2H6.U/c1-4-7(5-2)6(3)8;1-2;/h1-2,4-5H2,3H3;1-2H3;/q-2;;+2. The van der Waals surface area contributed by atoms with Crippen LogP contribution in [-0.4, -0.2) is 23.9 Å². The van der Waals surface area contributed by atoms with Crippen LogP contribution in [0.15, 0.2) is 0 Å².